The Balaban J connectivity index is 1.64. The lowest BCUT2D eigenvalue weighted by molar-refractivity contribution is 0.0663. The smallest absolute Gasteiger partial charge is 0.292 e. The molecule has 4 heterocycles. The normalized spacial score (nSPS) is 17.8. The van der Waals surface area contributed by atoms with E-state index in [2.05, 4.69) is 15.3 Å². The molecule has 0 saturated carbocycles. The standard InChI is InChI=1S/C18H18F2N4O3/c1-9-6-14(26-22-9)18(25)24-5-3-4-11(8-24)13-7-12(16(19)20)15-10(2)23-27-17(15)21-13/h6-7,11,16H,3-5,8H2,1-2H3/t11-/m0/s1. The number of piperidine rings is 1. The fourth-order valence-electron chi connectivity index (χ4n) is 3.55. The third-order valence-corrected chi connectivity index (χ3v) is 4.87. The summed E-state index contributed by atoms with van der Waals surface area (Å²) in [4.78, 5) is 18.6. The molecule has 0 aliphatic carbocycles. The second kappa shape index (κ2) is 6.71. The summed E-state index contributed by atoms with van der Waals surface area (Å²) < 4.78 is 37.3. The van der Waals surface area contributed by atoms with Gasteiger partial charge in [0.25, 0.3) is 18.0 Å². The zero-order valence-corrected chi connectivity index (χ0v) is 14.9. The maximum Gasteiger partial charge on any atom is 0.292 e. The summed E-state index contributed by atoms with van der Waals surface area (Å²) in [5, 5.41) is 7.75. The van der Waals surface area contributed by atoms with E-state index in [4.69, 9.17) is 9.05 Å². The molecule has 1 aliphatic rings. The van der Waals surface area contributed by atoms with Gasteiger partial charge in [-0.05, 0) is 32.8 Å². The predicted molar refractivity (Wildman–Crippen MR) is 90.6 cm³/mol. The van der Waals surface area contributed by atoms with Gasteiger partial charge in [0.15, 0.2) is 0 Å². The van der Waals surface area contributed by atoms with Gasteiger partial charge in [0.2, 0.25) is 5.76 Å². The molecule has 0 spiro atoms. The highest BCUT2D eigenvalue weighted by Gasteiger charge is 2.30. The minimum absolute atomic E-state index is 0.106. The lowest BCUT2D eigenvalue weighted by Crippen LogP contribution is -2.39. The zero-order valence-electron chi connectivity index (χ0n) is 14.9. The number of alkyl halides is 2. The monoisotopic (exact) mass is 376 g/mol. The minimum Gasteiger partial charge on any atom is -0.351 e. The van der Waals surface area contributed by atoms with Gasteiger partial charge >= 0.3 is 0 Å². The molecule has 1 aliphatic heterocycles. The van der Waals surface area contributed by atoms with Crippen molar-refractivity contribution in [3.8, 4) is 0 Å². The number of aromatic nitrogens is 3. The number of hydrogen-bond donors (Lipinski definition) is 0. The van der Waals surface area contributed by atoms with E-state index in [1.807, 2.05) is 0 Å². The Morgan fingerprint density at radius 2 is 2.07 bits per heavy atom. The molecule has 0 aromatic carbocycles. The predicted octanol–water partition coefficient (Wildman–Crippen LogP) is 3.79. The van der Waals surface area contributed by atoms with Crippen LogP contribution in [-0.4, -0.2) is 39.2 Å². The number of amides is 1. The molecule has 0 bridgehead atoms. The average Bonchev–Trinajstić information content (AvgIpc) is 3.26. The van der Waals surface area contributed by atoms with Gasteiger partial charge in [-0.25, -0.2) is 13.8 Å². The van der Waals surface area contributed by atoms with E-state index in [1.54, 1.807) is 24.8 Å². The second-order valence-electron chi connectivity index (χ2n) is 6.81. The molecule has 3 aromatic heterocycles. The topological polar surface area (TPSA) is 85.3 Å². The van der Waals surface area contributed by atoms with Crippen molar-refractivity contribution in [1.82, 2.24) is 20.2 Å². The quantitative estimate of drug-likeness (QED) is 0.691. The third kappa shape index (κ3) is 3.17. The van der Waals surface area contributed by atoms with Crippen LogP contribution in [0.25, 0.3) is 11.1 Å². The van der Waals surface area contributed by atoms with Crippen LogP contribution in [0.1, 0.15) is 58.4 Å². The highest BCUT2D eigenvalue weighted by molar-refractivity contribution is 5.91. The molecule has 1 fully saturated rings. The van der Waals surface area contributed by atoms with Gasteiger partial charge in [-0.15, -0.1) is 0 Å². The first-order valence-corrected chi connectivity index (χ1v) is 8.71. The summed E-state index contributed by atoms with van der Waals surface area (Å²) in [6, 6.07) is 3.00. The molecule has 1 saturated heterocycles. The zero-order chi connectivity index (χ0) is 19.1. The van der Waals surface area contributed by atoms with Crippen LogP contribution >= 0.6 is 0 Å². The van der Waals surface area contributed by atoms with Crippen molar-refractivity contribution in [3.05, 3.63) is 40.5 Å². The van der Waals surface area contributed by atoms with Crippen LogP contribution in [0.5, 0.6) is 0 Å². The fourth-order valence-corrected chi connectivity index (χ4v) is 3.55. The molecule has 3 aromatic rings. The molecular formula is C18H18F2N4O3. The number of likely N-dealkylation sites (tertiary alicyclic amines) is 1. The number of aryl methyl sites for hydroxylation is 2. The number of hydrogen-bond acceptors (Lipinski definition) is 6. The summed E-state index contributed by atoms with van der Waals surface area (Å²) in [7, 11) is 0. The van der Waals surface area contributed by atoms with E-state index >= 15 is 0 Å². The molecule has 7 nitrogen and oxygen atoms in total. The number of halogens is 2. The van der Waals surface area contributed by atoms with Crippen LogP contribution in [0, 0.1) is 13.8 Å². The molecule has 0 N–H and O–H groups in total. The van der Waals surface area contributed by atoms with Gasteiger partial charge in [-0.2, -0.15) is 0 Å². The van der Waals surface area contributed by atoms with Crippen molar-refractivity contribution >= 4 is 17.0 Å². The summed E-state index contributed by atoms with van der Waals surface area (Å²) >= 11 is 0. The van der Waals surface area contributed by atoms with Crippen molar-refractivity contribution in [2.45, 2.75) is 39.0 Å². The molecule has 4 rings (SSSR count). The number of rotatable bonds is 3. The first kappa shape index (κ1) is 17.6. The van der Waals surface area contributed by atoms with E-state index in [0.29, 0.717) is 30.2 Å². The number of carbonyl (C=O) groups excluding carboxylic acids is 1. The Labute approximate surface area is 153 Å². The minimum atomic E-state index is -2.66. The second-order valence-corrected chi connectivity index (χ2v) is 6.81. The summed E-state index contributed by atoms with van der Waals surface area (Å²) in [5.74, 6) is -0.249. The van der Waals surface area contributed by atoms with E-state index in [1.165, 1.54) is 6.07 Å². The molecular weight excluding hydrogens is 358 g/mol. The Kier molecular flexibility index (Phi) is 4.37. The molecule has 142 valence electrons. The molecule has 0 unspecified atom stereocenters. The lowest BCUT2D eigenvalue weighted by Gasteiger charge is -2.32. The van der Waals surface area contributed by atoms with Gasteiger partial charge < -0.3 is 13.9 Å². The van der Waals surface area contributed by atoms with E-state index < -0.39 is 6.43 Å². The Morgan fingerprint density at radius 3 is 2.78 bits per heavy atom. The van der Waals surface area contributed by atoms with Gasteiger partial charge in [0, 0.05) is 36.3 Å². The summed E-state index contributed by atoms with van der Waals surface area (Å²) in [5.41, 5.74) is 1.47. The molecule has 1 amide bonds. The van der Waals surface area contributed by atoms with Crippen molar-refractivity contribution < 1.29 is 22.6 Å². The van der Waals surface area contributed by atoms with Crippen molar-refractivity contribution in [1.29, 1.82) is 0 Å². The first-order valence-electron chi connectivity index (χ1n) is 8.71. The molecule has 1 atom stereocenters. The Morgan fingerprint density at radius 1 is 1.26 bits per heavy atom. The van der Waals surface area contributed by atoms with E-state index in [0.717, 1.165) is 12.8 Å². The third-order valence-electron chi connectivity index (χ3n) is 4.87. The van der Waals surface area contributed by atoms with Gasteiger partial charge in [0.05, 0.1) is 16.8 Å². The highest BCUT2D eigenvalue weighted by atomic mass is 19.3. The van der Waals surface area contributed by atoms with Crippen LogP contribution in [0.3, 0.4) is 0 Å². The van der Waals surface area contributed by atoms with Crippen molar-refractivity contribution in [2.24, 2.45) is 0 Å². The van der Waals surface area contributed by atoms with Gasteiger partial charge in [-0.1, -0.05) is 10.3 Å². The molecule has 0 radical (unpaired) electrons. The lowest BCUT2D eigenvalue weighted by atomic mass is 9.92. The van der Waals surface area contributed by atoms with Crippen LogP contribution in [0.15, 0.2) is 21.2 Å². The first-order chi connectivity index (χ1) is 12.9. The fraction of sp³-hybridized carbons (Fsp3) is 0.444. The van der Waals surface area contributed by atoms with Gasteiger partial charge in [0.1, 0.15) is 0 Å². The van der Waals surface area contributed by atoms with Crippen LogP contribution in [-0.2, 0) is 0 Å². The highest BCUT2D eigenvalue weighted by Crippen LogP contribution is 2.34. The number of carbonyl (C=O) groups is 1. The van der Waals surface area contributed by atoms with Crippen molar-refractivity contribution in [2.75, 3.05) is 13.1 Å². The number of nitrogens with zero attached hydrogens (tertiary/aromatic N) is 4. The van der Waals surface area contributed by atoms with Gasteiger partial charge in [-0.3, -0.25) is 4.79 Å². The summed E-state index contributed by atoms with van der Waals surface area (Å²) in [6.45, 7) is 4.29. The Hall–Kier alpha value is -2.84. The van der Waals surface area contributed by atoms with E-state index in [9.17, 15) is 13.6 Å². The SMILES string of the molecule is Cc1cc(C(=O)N2CCC[C@H](c3cc(C(F)F)c4c(C)noc4n3)C2)on1. The van der Waals surface area contributed by atoms with Crippen LogP contribution < -0.4 is 0 Å². The number of pyridine rings is 1. The van der Waals surface area contributed by atoms with Crippen molar-refractivity contribution in [3.63, 3.8) is 0 Å². The summed E-state index contributed by atoms with van der Waals surface area (Å²) in [6.07, 6.45) is -1.18. The Bertz CT molecular complexity index is 998. The molecule has 27 heavy (non-hydrogen) atoms. The maximum absolute atomic E-state index is 13.5. The number of fused-ring (bicyclic) bond motifs is 1. The van der Waals surface area contributed by atoms with Crippen LogP contribution in [0.2, 0.25) is 0 Å². The van der Waals surface area contributed by atoms with E-state index in [-0.39, 0.29) is 34.2 Å². The average molecular weight is 376 g/mol. The maximum atomic E-state index is 13.5. The molecule has 9 heteroatoms. The largest absolute Gasteiger partial charge is 0.351 e. The van der Waals surface area contributed by atoms with Crippen LogP contribution in [0.4, 0.5) is 8.78 Å².